The van der Waals surface area contributed by atoms with Crippen LogP contribution in [0.4, 0.5) is 4.79 Å². The highest BCUT2D eigenvalue weighted by Crippen LogP contribution is 2.40. The zero-order valence-electron chi connectivity index (χ0n) is 16.7. The van der Waals surface area contributed by atoms with Gasteiger partial charge in [0.05, 0.1) is 0 Å². The molecule has 152 valence electrons. The molecule has 1 aliphatic heterocycles. The van der Waals surface area contributed by atoms with Gasteiger partial charge < -0.3 is 9.47 Å². The normalized spacial score (nSPS) is 20.6. The molecule has 1 amide bonds. The van der Waals surface area contributed by atoms with Gasteiger partial charge in [-0.2, -0.15) is 0 Å². The highest BCUT2D eigenvalue weighted by atomic mass is 16.6. The van der Waals surface area contributed by atoms with Gasteiger partial charge in [0, 0.05) is 12.0 Å². The van der Waals surface area contributed by atoms with Crippen LogP contribution in [0, 0.1) is 0 Å². The van der Waals surface area contributed by atoms with Crippen molar-refractivity contribution < 1.29 is 19.1 Å². The molecule has 30 heavy (non-hydrogen) atoms. The van der Waals surface area contributed by atoms with Gasteiger partial charge in [0.25, 0.3) is 0 Å². The van der Waals surface area contributed by atoms with Crippen LogP contribution in [0.5, 0.6) is 0 Å². The number of hydrogen-bond donors (Lipinski definition) is 0. The fraction of sp³-hybridized carbons (Fsp3) is 0.200. The maximum Gasteiger partial charge on any atom is 0.414 e. The van der Waals surface area contributed by atoms with Gasteiger partial charge in [-0.1, -0.05) is 91.0 Å². The Kier molecular flexibility index (Phi) is 5.53. The first-order chi connectivity index (χ1) is 14.6. The number of rotatable bonds is 5. The minimum atomic E-state index is -1.18. The number of ether oxygens (including phenoxy) is 2. The lowest BCUT2D eigenvalue weighted by Crippen LogP contribution is -2.51. The summed E-state index contributed by atoms with van der Waals surface area (Å²) < 4.78 is 11.3. The van der Waals surface area contributed by atoms with E-state index in [1.165, 1.54) is 4.90 Å². The number of cyclic esters (lactones) is 1. The summed E-state index contributed by atoms with van der Waals surface area (Å²) in [5.74, 6) is -0.447. The van der Waals surface area contributed by atoms with Crippen molar-refractivity contribution in [3.8, 4) is 0 Å². The zero-order chi connectivity index (χ0) is 21.0. The van der Waals surface area contributed by atoms with Gasteiger partial charge in [0.2, 0.25) is 6.23 Å². The Hall–Kier alpha value is -3.60. The van der Waals surface area contributed by atoms with Gasteiger partial charge in [-0.25, -0.2) is 9.59 Å². The second-order valence-electron chi connectivity index (χ2n) is 7.51. The molecule has 0 saturated carbocycles. The first-order valence-electron chi connectivity index (χ1n) is 9.88. The number of amides is 1. The molecule has 3 aromatic rings. The van der Waals surface area contributed by atoms with Crippen LogP contribution in [0.3, 0.4) is 0 Å². The average Bonchev–Trinajstić information content (AvgIpc) is 3.04. The molecule has 1 saturated heterocycles. The van der Waals surface area contributed by atoms with Crippen LogP contribution in [0.15, 0.2) is 91.0 Å². The fourth-order valence-electron chi connectivity index (χ4n) is 3.71. The standard InChI is InChI=1S/C25H23NO4/c1-25(17-19-11-5-2-6-12-19)23(27)30-22(21-15-9-4-10-16-21)26(25)24(28)29-18-20-13-7-3-8-14-20/h2-16,22H,17-18H2,1H3/t22-,25-/m1/s1. The Bertz CT molecular complexity index is 1010. The van der Waals surface area contributed by atoms with E-state index < -0.39 is 23.8 Å². The van der Waals surface area contributed by atoms with Gasteiger partial charge in [-0.3, -0.25) is 4.90 Å². The summed E-state index contributed by atoms with van der Waals surface area (Å²) in [6.07, 6.45) is -1.09. The molecule has 0 aromatic heterocycles. The predicted octanol–water partition coefficient (Wildman–Crippen LogP) is 4.88. The SMILES string of the molecule is C[C@@]1(Cc2ccccc2)C(=O)O[C@H](c2ccccc2)N1C(=O)OCc1ccccc1. The van der Waals surface area contributed by atoms with Crippen molar-refractivity contribution in [2.24, 2.45) is 0 Å². The van der Waals surface area contributed by atoms with Gasteiger partial charge in [-0.15, -0.1) is 0 Å². The zero-order valence-corrected chi connectivity index (χ0v) is 16.7. The molecule has 0 aliphatic carbocycles. The molecular formula is C25H23NO4. The van der Waals surface area contributed by atoms with Crippen LogP contribution in [-0.4, -0.2) is 22.5 Å². The van der Waals surface area contributed by atoms with Crippen LogP contribution in [-0.2, 0) is 27.3 Å². The van der Waals surface area contributed by atoms with Crippen molar-refractivity contribution in [1.82, 2.24) is 4.90 Å². The van der Waals surface area contributed by atoms with E-state index in [0.717, 1.165) is 16.7 Å². The number of nitrogens with zero attached hydrogens (tertiary/aromatic N) is 1. The molecular weight excluding hydrogens is 378 g/mol. The Morgan fingerprint density at radius 1 is 0.900 bits per heavy atom. The quantitative estimate of drug-likeness (QED) is 0.572. The van der Waals surface area contributed by atoms with Crippen LogP contribution in [0.25, 0.3) is 0 Å². The smallest absolute Gasteiger partial charge is 0.414 e. The lowest BCUT2D eigenvalue weighted by atomic mass is 9.91. The molecule has 0 spiro atoms. The molecule has 0 bridgehead atoms. The lowest BCUT2D eigenvalue weighted by molar-refractivity contribution is -0.145. The number of esters is 1. The number of benzene rings is 3. The third kappa shape index (κ3) is 3.92. The highest BCUT2D eigenvalue weighted by Gasteiger charge is 2.55. The van der Waals surface area contributed by atoms with Gasteiger partial charge in [-0.05, 0) is 18.1 Å². The molecule has 5 nitrogen and oxygen atoms in total. The van der Waals surface area contributed by atoms with Crippen molar-refractivity contribution >= 4 is 12.1 Å². The van der Waals surface area contributed by atoms with Gasteiger partial charge >= 0.3 is 12.1 Å². The van der Waals surface area contributed by atoms with Crippen LogP contribution in [0.2, 0.25) is 0 Å². The van der Waals surface area contributed by atoms with E-state index in [4.69, 9.17) is 9.47 Å². The molecule has 0 unspecified atom stereocenters. The maximum atomic E-state index is 13.2. The molecule has 2 atom stereocenters. The summed E-state index contributed by atoms with van der Waals surface area (Å²) in [5, 5.41) is 0. The molecule has 1 fully saturated rings. The van der Waals surface area contributed by atoms with Crippen molar-refractivity contribution in [1.29, 1.82) is 0 Å². The molecule has 5 heteroatoms. The molecule has 0 radical (unpaired) electrons. The number of hydrogen-bond acceptors (Lipinski definition) is 4. The molecule has 0 N–H and O–H groups in total. The Balaban J connectivity index is 1.65. The maximum absolute atomic E-state index is 13.2. The minimum Gasteiger partial charge on any atom is -0.444 e. The summed E-state index contributed by atoms with van der Waals surface area (Å²) >= 11 is 0. The van der Waals surface area contributed by atoms with E-state index in [9.17, 15) is 9.59 Å². The van der Waals surface area contributed by atoms with Crippen LogP contribution in [0.1, 0.15) is 29.8 Å². The van der Waals surface area contributed by atoms with Crippen LogP contribution >= 0.6 is 0 Å². The monoisotopic (exact) mass is 401 g/mol. The Morgan fingerprint density at radius 3 is 2.03 bits per heavy atom. The Labute approximate surface area is 175 Å². The summed E-state index contributed by atoms with van der Waals surface area (Å²) in [6.45, 7) is 1.85. The van der Waals surface area contributed by atoms with E-state index in [0.29, 0.717) is 6.42 Å². The summed E-state index contributed by atoms with van der Waals surface area (Å²) in [5.41, 5.74) is 1.35. The van der Waals surface area contributed by atoms with Crippen molar-refractivity contribution in [2.75, 3.05) is 0 Å². The fourth-order valence-corrected chi connectivity index (χ4v) is 3.71. The van der Waals surface area contributed by atoms with E-state index in [1.807, 2.05) is 91.0 Å². The van der Waals surface area contributed by atoms with Crippen molar-refractivity contribution in [3.05, 3.63) is 108 Å². The van der Waals surface area contributed by atoms with E-state index in [2.05, 4.69) is 0 Å². The largest absolute Gasteiger partial charge is 0.444 e. The van der Waals surface area contributed by atoms with Gasteiger partial charge in [0.1, 0.15) is 12.1 Å². The Morgan fingerprint density at radius 2 is 1.43 bits per heavy atom. The van der Waals surface area contributed by atoms with Crippen molar-refractivity contribution in [3.63, 3.8) is 0 Å². The molecule has 1 aliphatic rings. The first-order valence-corrected chi connectivity index (χ1v) is 9.88. The highest BCUT2D eigenvalue weighted by molar-refractivity contribution is 5.89. The van der Waals surface area contributed by atoms with E-state index in [1.54, 1.807) is 6.92 Å². The van der Waals surface area contributed by atoms with E-state index in [-0.39, 0.29) is 6.61 Å². The van der Waals surface area contributed by atoms with E-state index >= 15 is 0 Å². The topological polar surface area (TPSA) is 55.8 Å². The molecule has 4 rings (SSSR count). The third-order valence-corrected chi connectivity index (χ3v) is 5.30. The minimum absolute atomic E-state index is 0.118. The predicted molar refractivity (Wildman–Crippen MR) is 112 cm³/mol. The van der Waals surface area contributed by atoms with Crippen molar-refractivity contribution in [2.45, 2.75) is 31.7 Å². The number of carbonyl (C=O) groups excluding carboxylic acids is 2. The summed E-state index contributed by atoms with van der Waals surface area (Å²) in [7, 11) is 0. The lowest BCUT2D eigenvalue weighted by Gasteiger charge is -2.32. The van der Waals surface area contributed by atoms with Gasteiger partial charge in [0.15, 0.2) is 0 Å². The van der Waals surface area contributed by atoms with Crippen LogP contribution < -0.4 is 0 Å². The second kappa shape index (κ2) is 8.41. The second-order valence-corrected chi connectivity index (χ2v) is 7.51. The summed E-state index contributed by atoms with van der Waals surface area (Å²) in [6, 6.07) is 28.3. The molecule has 1 heterocycles. The average molecular weight is 401 g/mol. The summed E-state index contributed by atoms with van der Waals surface area (Å²) in [4.78, 5) is 27.7. The molecule has 3 aromatic carbocycles. The third-order valence-electron chi connectivity index (χ3n) is 5.30. The number of carbonyl (C=O) groups is 2. The first kappa shape index (κ1) is 19.7.